The van der Waals surface area contributed by atoms with Crippen molar-refractivity contribution in [3.8, 4) is 6.26 Å². The molecule has 0 heterocycles. The second-order valence-electron chi connectivity index (χ2n) is 6.78. The van der Waals surface area contributed by atoms with Gasteiger partial charge in [-0.1, -0.05) is 62.4 Å². The van der Waals surface area contributed by atoms with Gasteiger partial charge < -0.3 is 9.59 Å². The number of aliphatic hydroxyl groups is 1. The molecular formula is C18H37BF5N2O4+. The Morgan fingerprint density at radius 1 is 0.800 bits per heavy atom. The molecule has 0 saturated heterocycles. The van der Waals surface area contributed by atoms with Crippen molar-refractivity contribution in [2.45, 2.75) is 85.4 Å². The number of halogens is 5. The number of aliphatic hydroxyl groups excluding tert-OH is 1. The van der Waals surface area contributed by atoms with Crippen molar-refractivity contribution in [1.82, 2.24) is 0 Å². The van der Waals surface area contributed by atoms with Gasteiger partial charge in [-0.25, -0.2) is 0 Å². The number of nitrogens with zero attached hydrogens (tertiary/aromatic N) is 2. The van der Waals surface area contributed by atoms with Crippen LogP contribution in [0.15, 0.2) is 0 Å². The average molecular weight is 451 g/mol. The van der Waals surface area contributed by atoms with E-state index in [4.69, 9.17) is 10.4 Å². The fraction of sp³-hybridized carbons (Fsp3) is 0.944. The molecule has 6 nitrogen and oxygen atoms in total. The molecule has 0 atom stereocenters. The van der Waals surface area contributed by atoms with E-state index in [1.54, 1.807) is 0 Å². The molecule has 0 aromatic heterocycles. The maximum Gasteiger partial charge on any atom is 0.711 e. The van der Waals surface area contributed by atoms with Crippen LogP contribution in [0.3, 0.4) is 0 Å². The third kappa shape index (κ3) is 23.1. The second-order valence-corrected chi connectivity index (χ2v) is 6.78. The summed E-state index contributed by atoms with van der Waals surface area (Å²) in [5.41, 5.74) is 0. The third-order valence-electron chi connectivity index (χ3n) is 4.32. The van der Waals surface area contributed by atoms with Crippen molar-refractivity contribution in [2.75, 3.05) is 26.2 Å². The molecular weight excluding hydrogens is 414 g/mol. The van der Waals surface area contributed by atoms with Gasteiger partial charge in [-0.3, -0.25) is 4.65 Å². The minimum Gasteiger partial charge on any atom is -0.443 e. The van der Waals surface area contributed by atoms with E-state index in [1.165, 1.54) is 82.0 Å². The van der Waals surface area contributed by atoms with E-state index in [2.05, 4.69) is 42.1 Å². The topological polar surface area (TPSA) is 71.7 Å². The first-order valence-corrected chi connectivity index (χ1v) is 10.3. The molecule has 0 bridgehead atoms. The number of hydrogen-bond acceptors (Lipinski definition) is 5. The number of hydrogen-bond donors (Lipinski definition) is 1. The highest BCUT2D eigenvalue weighted by molar-refractivity contribution is 6.35. The van der Waals surface area contributed by atoms with Crippen molar-refractivity contribution >= 4 is 7.32 Å². The van der Waals surface area contributed by atoms with Crippen molar-refractivity contribution in [3.05, 3.63) is 0 Å². The van der Waals surface area contributed by atoms with Crippen molar-refractivity contribution in [1.29, 1.82) is 5.26 Å². The molecule has 0 aliphatic carbocycles. The van der Waals surface area contributed by atoms with Gasteiger partial charge >= 0.3 is 13.7 Å². The Hall–Kier alpha value is -1.16. The summed E-state index contributed by atoms with van der Waals surface area (Å²) in [7, 11) is -3.01. The third-order valence-corrected chi connectivity index (χ3v) is 4.32. The van der Waals surface area contributed by atoms with Gasteiger partial charge in [-0.05, 0) is 25.7 Å². The van der Waals surface area contributed by atoms with Crippen LogP contribution in [-0.4, -0.2) is 49.5 Å². The molecule has 0 rings (SSSR count). The molecule has 180 valence electrons. The highest BCUT2D eigenvalue weighted by Gasteiger charge is 2.41. The summed E-state index contributed by atoms with van der Waals surface area (Å²) < 4.78 is 58.3. The van der Waals surface area contributed by atoms with Crippen LogP contribution in [0.25, 0.3) is 0 Å². The zero-order valence-electron chi connectivity index (χ0n) is 18.5. The number of alkyl halides is 3. The first kappa shape index (κ1) is 33.5. The number of nitriles is 1. The summed E-state index contributed by atoms with van der Waals surface area (Å²) in [5, 5.41) is 13.8. The molecule has 0 spiro atoms. The van der Waals surface area contributed by atoms with Crippen LogP contribution >= 0.6 is 0 Å². The predicted molar refractivity (Wildman–Crippen MR) is 104 cm³/mol. The Bertz CT molecular complexity index is 360. The van der Waals surface area contributed by atoms with Crippen LogP contribution in [0, 0.1) is 11.5 Å². The largest absolute Gasteiger partial charge is 0.711 e. The molecule has 0 saturated carbocycles. The summed E-state index contributed by atoms with van der Waals surface area (Å²) in [6, 6.07) is 0. The Labute approximate surface area is 177 Å². The lowest BCUT2D eigenvalue weighted by Crippen LogP contribution is -2.50. The fourth-order valence-electron chi connectivity index (χ4n) is 2.80. The summed E-state index contributed by atoms with van der Waals surface area (Å²) >= 11 is 0. The van der Waals surface area contributed by atoms with Crippen molar-refractivity contribution in [2.24, 2.45) is 0 Å². The van der Waals surface area contributed by atoms with Gasteiger partial charge in [0, 0.05) is 0 Å². The molecule has 0 aromatic carbocycles. The lowest BCUT2D eigenvalue weighted by molar-refractivity contribution is -0.929. The van der Waals surface area contributed by atoms with Gasteiger partial charge in [0.2, 0.25) is 0 Å². The molecule has 1 N–H and O–H groups in total. The standard InChI is InChI=1S/C16H36N.CBF5O3.CHNO/c1-5-9-13-17(14-10-6-2,15-11-7-3)16-12-8-4;3-1(4,5)8-2(9-6)10-7;2-1-3/h5-16H2,1-4H3;;3H/q+1;;. The molecule has 0 unspecified atom stereocenters. The zero-order valence-corrected chi connectivity index (χ0v) is 18.5. The summed E-state index contributed by atoms with van der Waals surface area (Å²) in [6.45, 7) is 15.0. The lowest BCUT2D eigenvalue weighted by atomic mass is 10.1. The summed E-state index contributed by atoms with van der Waals surface area (Å²) in [5.74, 6) is 0. The van der Waals surface area contributed by atoms with Gasteiger partial charge in [0.15, 0.2) is 0 Å². The number of unbranched alkanes of at least 4 members (excludes halogenated alkanes) is 4. The SMILES string of the molecule is CCCC[N+](CCCC)(CCCC)CCCC.FOB(OF)OC(F)(F)F.N#CO. The monoisotopic (exact) mass is 451 g/mol. The Balaban J connectivity index is -0.000000474. The van der Waals surface area contributed by atoms with E-state index >= 15 is 0 Å². The molecule has 0 radical (unpaired) electrons. The predicted octanol–water partition coefficient (Wildman–Crippen LogP) is 6.15. The average Bonchev–Trinajstić information content (AvgIpc) is 2.71. The molecule has 0 aliphatic rings. The summed E-state index contributed by atoms with van der Waals surface area (Å²) in [6.07, 6.45) is 6.61. The second kappa shape index (κ2) is 22.5. The Morgan fingerprint density at radius 2 is 1.07 bits per heavy atom. The lowest BCUT2D eigenvalue weighted by Gasteiger charge is -2.39. The van der Waals surface area contributed by atoms with Crippen LogP contribution in [0.4, 0.5) is 22.2 Å². The number of quaternary nitrogens is 1. The van der Waals surface area contributed by atoms with Crippen molar-refractivity contribution in [3.63, 3.8) is 0 Å². The first-order chi connectivity index (χ1) is 14.1. The quantitative estimate of drug-likeness (QED) is 0.140. The van der Waals surface area contributed by atoms with E-state index in [0.717, 1.165) is 6.26 Å². The van der Waals surface area contributed by atoms with Crippen molar-refractivity contribution < 1.29 is 46.2 Å². The summed E-state index contributed by atoms with van der Waals surface area (Å²) in [4.78, 5) is 4.47. The van der Waals surface area contributed by atoms with Crippen LogP contribution in [0.2, 0.25) is 0 Å². The minimum absolute atomic E-state index is 0.750. The smallest absolute Gasteiger partial charge is 0.443 e. The minimum atomic E-state index is -5.21. The molecule has 30 heavy (non-hydrogen) atoms. The zero-order chi connectivity index (χ0) is 23.9. The van der Waals surface area contributed by atoms with Crippen LogP contribution in [0.5, 0.6) is 0 Å². The van der Waals surface area contributed by atoms with E-state index < -0.39 is 13.7 Å². The Morgan fingerprint density at radius 3 is 1.20 bits per heavy atom. The first-order valence-electron chi connectivity index (χ1n) is 10.3. The molecule has 0 aromatic rings. The maximum absolute atomic E-state index is 11.0. The highest BCUT2D eigenvalue weighted by atomic mass is 19.4. The van der Waals surface area contributed by atoms with Crippen LogP contribution < -0.4 is 0 Å². The van der Waals surface area contributed by atoms with E-state index in [0.29, 0.717) is 0 Å². The van der Waals surface area contributed by atoms with Gasteiger partial charge in [-0.2, -0.15) is 15.0 Å². The van der Waals surface area contributed by atoms with E-state index in [1.807, 2.05) is 0 Å². The number of rotatable bonds is 15. The Kier molecular flexibility index (Phi) is 25.1. The normalized spacial score (nSPS) is 10.9. The highest BCUT2D eigenvalue weighted by Crippen LogP contribution is 2.18. The van der Waals surface area contributed by atoms with Gasteiger partial charge in [-0.15, -0.1) is 13.2 Å². The van der Waals surface area contributed by atoms with Crippen LogP contribution in [-0.2, 0) is 14.4 Å². The molecule has 0 amide bonds. The molecule has 0 aliphatic heterocycles. The fourth-order valence-corrected chi connectivity index (χ4v) is 2.80. The molecule has 0 fully saturated rings. The van der Waals surface area contributed by atoms with Gasteiger partial charge in [0.05, 0.1) is 26.2 Å². The van der Waals surface area contributed by atoms with E-state index in [9.17, 15) is 22.2 Å². The van der Waals surface area contributed by atoms with Gasteiger partial charge in [0.25, 0.3) is 6.26 Å². The molecule has 12 heteroatoms. The van der Waals surface area contributed by atoms with E-state index in [-0.39, 0.29) is 0 Å². The van der Waals surface area contributed by atoms with Crippen LogP contribution in [0.1, 0.15) is 79.1 Å². The van der Waals surface area contributed by atoms with Gasteiger partial charge in [0.1, 0.15) is 0 Å². The maximum atomic E-state index is 11.0.